The lowest BCUT2D eigenvalue weighted by molar-refractivity contribution is -0.143. The molecule has 0 heterocycles. The van der Waals surface area contributed by atoms with Crippen LogP contribution in [0, 0.1) is 0 Å². The fourth-order valence-corrected chi connectivity index (χ4v) is 0.948. The summed E-state index contributed by atoms with van der Waals surface area (Å²) in [6.07, 6.45) is 0.525. The summed E-state index contributed by atoms with van der Waals surface area (Å²) in [7, 11) is 0. The summed E-state index contributed by atoms with van der Waals surface area (Å²) in [5, 5.41) is 0. The Hall–Kier alpha value is -0.420. The van der Waals surface area contributed by atoms with Gasteiger partial charge >= 0.3 is 5.97 Å². The summed E-state index contributed by atoms with van der Waals surface area (Å²) in [6.45, 7) is 2.06. The molecule has 0 aromatic heterocycles. The second kappa shape index (κ2) is 6.30. The molecule has 0 aromatic rings. The Labute approximate surface area is 68.2 Å². The lowest BCUT2D eigenvalue weighted by Crippen LogP contribution is -2.05. The van der Waals surface area contributed by atoms with Crippen molar-refractivity contribution in [2.45, 2.75) is 19.8 Å². The van der Waals surface area contributed by atoms with E-state index in [1.165, 1.54) is 0 Å². The summed E-state index contributed by atoms with van der Waals surface area (Å²) in [4.78, 5) is 10.6. The highest BCUT2D eigenvalue weighted by atomic mass is 32.2. The number of carbonyl (C=O) groups is 1. The van der Waals surface area contributed by atoms with E-state index in [1.807, 2.05) is 0 Å². The van der Waals surface area contributed by atoms with Gasteiger partial charge in [0.25, 0.3) is 0 Å². The maximum Gasteiger partial charge on any atom is 0.305 e. The van der Waals surface area contributed by atoms with E-state index in [4.69, 9.17) is 0 Å². The van der Waals surface area contributed by atoms with Gasteiger partial charge in [-0.1, -0.05) is 11.1 Å². The van der Waals surface area contributed by atoms with Crippen LogP contribution < -0.4 is 0 Å². The van der Waals surface area contributed by atoms with Crippen molar-refractivity contribution in [3.05, 3.63) is 0 Å². The van der Waals surface area contributed by atoms with Crippen molar-refractivity contribution in [2.75, 3.05) is 12.4 Å². The molecular weight excluding hydrogens is 168 g/mol. The number of hydrogen-bond donors (Lipinski definition) is 0. The Morgan fingerprint density at radius 1 is 1.64 bits per heavy atom. The maximum atomic E-state index is 10.6. The second-order valence-electron chi connectivity index (χ2n) is 1.92. The Morgan fingerprint density at radius 3 is 2.73 bits per heavy atom. The average molecular weight is 179 g/mol. The molecule has 1 atom stereocenters. The number of esters is 1. The van der Waals surface area contributed by atoms with Crippen LogP contribution in [0.3, 0.4) is 0 Å². The normalized spacial score (nSPS) is 12.5. The molecule has 0 N–H and O–H groups in total. The Balaban J connectivity index is 3.24. The Kier molecular flexibility index (Phi) is 6.06. The maximum absolute atomic E-state index is 10.6. The largest absolute Gasteiger partial charge is 0.772 e. The van der Waals surface area contributed by atoms with Crippen LogP contribution in [0.1, 0.15) is 19.8 Å². The number of carbonyl (C=O) groups excluding carboxylic acids is 1. The van der Waals surface area contributed by atoms with Crippen molar-refractivity contribution >= 4 is 17.0 Å². The van der Waals surface area contributed by atoms with E-state index in [0.717, 1.165) is 0 Å². The minimum absolute atomic E-state index is 0.0266. The zero-order valence-corrected chi connectivity index (χ0v) is 7.19. The summed E-state index contributed by atoms with van der Waals surface area (Å²) in [5.74, 6) is -0.309. The highest BCUT2D eigenvalue weighted by molar-refractivity contribution is 7.79. The molecule has 0 bridgehead atoms. The van der Waals surface area contributed by atoms with Gasteiger partial charge in [0.1, 0.15) is 0 Å². The summed E-state index contributed by atoms with van der Waals surface area (Å²) >= 11 is -2.04. The van der Waals surface area contributed by atoms with Crippen molar-refractivity contribution < 1.29 is 18.3 Å². The molecule has 0 saturated carbocycles. The summed E-state index contributed by atoms with van der Waals surface area (Å²) in [6, 6.07) is 0. The molecule has 0 spiro atoms. The molecule has 0 amide bonds. The highest BCUT2D eigenvalue weighted by Gasteiger charge is 1.99. The van der Waals surface area contributed by atoms with Crippen molar-refractivity contribution in [3.63, 3.8) is 0 Å². The first-order valence-corrected chi connectivity index (χ1v) is 4.62. The third-order valence-corrected chi connectivity index (χ3v) is 1.62. The van der Waals surface area contributed by atoms with E-state index < -0.39 is 11.1 Å². The standard InChI is InChI=1S/C6H12O4S/c1-2-10-6(7)4-3-5-11(8)9/h2-5H2,1H3,(H,8,9)/p-1. The van der Waals surface area contributed by atoms with Crippen molar-refractivity contribution in [1.29, 1.82) is 0 Å². The van der Waals surface area contributed by atoms with Gasteiger partial charge in [0.2, 0.25) is 0 Å². The first-order valence-electron chi connectivity index (χ1n) is 3.38. The van der Waals surface area contributed by atoms with Gasteiger partial charge in [0, 0.05) is 12.2 Å². The second-order valence-corrected chi connectivity index (χ2v) is 2.93. The number of ether oxygens (including phenoxy) is 1. The molecular formula is C6H11O4S-. The fraction of sp³-hybridized carbons (Fsp3) is 0.833. The van der Waals surface area contributed by atoms with Gasteiger partial charge < -0.3 is 9.29 Å². The molecule has 0 aliphatic rings. The number of rotatable bonds is 5. The van der Waals surface area contributed by atoms with Gasteiger partial charge in [-0.2, -0.15) is 0 Å². The summed E-state index contributed by atoms with van der Waals surface area (Å²) in [5.41, 5.74) is 0. The third kappa shape index (κ3) is 7.48. The van der Waals surface area contributed by atoms with E-state index in [1.54, 1.807) is 6.92 Å². The van der Waals surface area contributed by atoms with E-state index in [9.17, 15) is 13.6 Å². The van der Waals surface area contributed by atoms with Crippen LogP contribution in [0.4, 0.5) is 0 Å². The van der Waals surface area contributed by atoms with Crippen LogP contribution in [0.15, 0.2) is 0 Å². The first kappa shape index (κ1) is 10.6. The third-order valence-electron chi connectivity index (χ3n) is 0.997. The smallest absolute Gasteiger partial charge is 0.305 e. The van der Waals surface area contributed by atoms with Crippen LogP contribution in [0.25, 0.3) is 0 Å². The van der Waals surface area contributed by atoms with Crippen molar-refractivity contribution in [3.8, 4) is 0 Å². The lowest BCUT2D eigenvalue weighted by atomic mass is 10.3. The van der Waals surface area contributed by atoms with Crippen LogP contribution in [-0.2, 0) is 20.6 Å². The first-order chi connectivity index (χ1) is 5.16. The molecule has 0 aliphatic heterocycles. The average Bonchev–Trinajstić information content (AvgIpc) is 1.87. The SMILES string of the molecule is CCOC(=O)CCCS(=O)[O-]. The van der Waals surface area contributed by atoms with Gasteiger partial charge in [-0.25, -0.2) is 0 Å². The molecule has 0 saturated heterocycles. The Morgan fingerprint density at radius 2 is 2.27 bits per heavy atom. The molecule has 1 unspecified atom stereocenters. The molecule has 5 heteroatoms. The van der Waals surface area contributed by atoms with E-state index in [0.29, 0.717) is 13.0 Å². The molecule has 0 aromatic carbocycles. The highest BCUT2D eigenvalue weighted by Crippen LogP contribution is 1.93. The molecule has 0 fully saturated rings. The topological polar surface area (TPSA) is 66.4 Å². The summed E-state index contributed by atoms with van der Waals surface area (Å²) < 4.78 is 24.6. The predicted molar refractivity (Wildman–Crippen MR) is 39.7 cm³/mol. The zero-order chi connectivity index (χ0) is 8.69. The quantitative estimate of drug-likeness (QED) is 0.447. The monoisotopic (exact) mass is 179 g/mol. The van der Waals surface area contributed by atoms with Gasteiger partial charge in [0.05, 0.1) is 6.61 Å². The molecule has 4 nitrogen and oxygen atoms in total. The van der Waals surface area contributed by atoms with Crippen molar-refractivity contribution in [2.24, 2.45) is 0 Å². The molecule has 0 rings (SSSR count). The van der Waals surface area contributed by atoms with Crippen LogP contribution in [0.5, 0.6) is 0 Å². The predicted octanol–water partition coefficient (Wildman–Crippen LogP) is 0.209. The fourth-order valence-electron chi connectivity index (χ4n) is 0.568. The van der Waals surface area contributed by atoms with Crippen LogP contribution >= 0.6 is 0 Å². The van der Waals surface area contributed by atoms with Gasteiger partial charge in [-0.15, -0.1) is 0 Å². The zero-order valence-electron chi connectivity index (χ0n) is 6.37. The molecule has 11 heavy (non-hydrogen) atoms. The van der Waals surface area contributed by atoms with Gasteiger partial charge in [0.15, 0.2) is 0 Å². The lowest BCUT2D eigenvalue weighted by Gasteiger charge is -2.03. The Bertz CT molecular complexity index is 146. The number of hydrogen-bond acceptors (Lipinski definition) is 4. The van der Waals surface area contributed by atoms with E-state index in [-0.39, 0.29) is 18.1 Å². The van der Waals surface area contributed by atoms with Crippen LogP contribution in [0.2, 0.25) is 0 Å². The molecule has 0 radical (unpaired) electrons. The van der Waals surface area contributed by atoms with Crippen molar-refractivity contribution in [1.82, 2.24) is 0 Å². The van der Waals surface area contributed by atoms with E-state index >= 15 is 0 Å². The van der Waals surface area contributed by atoms with Crippen LogP contribution in [-0.4, -0.2) is 27.1 Å². The molecule has 66 valence electrons. The molecule has 0 aliphatic carbocycles. The van der Waals surface area contributed by atoms with E-state index in [2.05, 4.69) is 4.74 Å². The minimum atomic E-state index is -2.04. The van der Waals surface area contributed by atoms with Gasteiger partial charge in [-0.05, 0) is 13.3 Å². The minimum Gasteiger partial charge on any atom is -0.772 e. The van der Waals surface area contributed by atoms with Gasteiger partial charge in [-0.3, -0.25) is 9.00 Å².